The number of benzene rings is 1. The molecule has 10 heteroatoms. The van der Waals surface area contributed by atoms with E-state index in [9.17, 15) is 13.2 Å². The lowest BCUT2D eigenvalue weighted by molar-refractivity contribution is 0.183. The van der Waals surface area contributed by atoms with Gasteiger partial charge >= 0.3 is 6.03 Å². The number of anilines is 3. The highest BCUT2D eigenvalue weighted by Crippen LogP contribution is 2.15. The number of hydrogen-bond acceptors (Lipinski definition) is 5. The van der Waals surface area contributed by atoms with Crippen LogP contribution in [0.1, 0.15) is 0 Å². The van der Waals surface area contributed by atoms with Gasteiger partial charge < -0.3 is 10.1 Å². The minimum absolute atomic E-state index is 0.416. The van der Waals surface area contributed by atoms with Crippen LogP contribution in [-0.4, -0.2) is 44.2 Å². The molecule has 0 saturated heterocycles. The number of urea groups is 1. The Morgan fingerprint density at radius 3 is 2.46 bits per heavy atom. The fourth-order valence-corrected chi connectivity index (χ4v) is 2.42. The molecule has 0 radical (unpaired) electrons. The lowest BCUT2D eigenvalue weighted by Gasteiger charge is -2.07. The molecule has 1 aromatic carbocycles. The first kappa shape index (κ1) is 17.8. The van der Waals surface area contributed by atoms with E-state index in [1.807, 2.05) is 0 Å². The van der Waals surface area contributed by atoms with Crippen molar-refractivity contribution < 1.29 is 17.9 Å². The zero-order valence-corrected chi connectivity index (χ0v) is 14.1. The van der Waals surface area contributed by atoms with Crippen molar-refractivity contribution in [3.8, 4) is 0 Å². The first-order valence-corrected chi connectivity index (χ1v) is 8.93. The maximum absolute atomic E-state index is 11.9. The number of aromatic nitrogens is 2. The SMILES string of the molecule is COCCn1ccc(NC(=O)Nc2ccc(NS(C)(=O)=O)cc2)n1. The quantitative estimate of drug-likeness (QED) is 0.699. The molecule has 0 saturated carbocycles. The highest BCUT2D eigenvalue weighted by molar-refractivity contribution is 7.92. The Labute approximate surface area is 140 Å². The van der Waals surface area contributed by atoms with Gasteiger partial charge in [-0.25, -0.2) is 13.2 Å². The van der Waals surface area contributed by atoms with E-state index in [0.29, 0.717) is 30.3 Å². The summed E-state index contributed by atoms with van der Waals surface area (Å²) in [4.78, 5) is 11.9. The molecule has 2 rings (SSSR count). The van der Waals surface area contributed by atoms with Crippen LogP contribution in [0.5, 0.6) is 0 Å². The molecule has 2 amide bonds. The number of carbonyl (C=O) groups is 1. The third kappa shape index (κ3) is 5.89. The van der Waals surface area contributed by atoms with Gasteiger partial charge in [0.1, 0.15) is 0 Å². The van der Waals surface area contributed by atoms with Gasteiger partial charge in [-0.05, 0) is 24.3 Å². The predicted octanol–water partition coefficient (Wildman–Crippen LogP) is 1.54. The molecule has 0 bridgehead atoms. The van der Waals surface area contributed by atoms with Gasteiger partial charge in [0.15, 0.2) is 5.82 Å². The molecule has 0 aliphatic rings. The van der Waals surface area contributed by atoms with E-state index in [0.717, 1.165) is 6.26 Å². The van der Waals surface area contributed by atoms with Gasteiger partial charge in [0.2, 0.25) is 10.0 Å². The Morgan fingerprint density at radius 1 is 1.17 bits per heavy atom. The van der Waals surface area contributed by atoms with Crippen LogP contribution in [0, 0.1) is 0 Å². The van der Waals surface area contributed by atoms with Crippen molar-refractivity contribution in [3.05, 3.63) is 36.5 Å². The number of sulfonamides is 1. The predicted molar refractivity (Wildman–Crippen MR) is 91.7 cm³/mol. The molecule has 130 valence electrons. The van der Waals surface area contributed by atoms with E-state index in [1.54, 1.807) is 48.3 Å². The maximum atomic E-state index is 11.9. The molecule has 9 nitrogen and oxygen atoms in total. The molecule has 0 spiro atoms. The number of amides is 2. The zero-order valence-electron chi connectivity index (χ0n) is 13.3. The molecule has 0 aliphatic carbocycles. The van der Waals surface area contributed by atoms with Crippen LogP contribution < -0.4 is 15.4 Å². The first-order valence-electron chi connectivity index (χ1n) is 7.04. The molecule has 24 heavy (non-hydrogen) atoms. The molecule has 0 atom stereocenters. The van der Waals surface area contributed by atoms with Crippen LogP contribution >= 0.6 is 0 Å². The molecular formula is C14H19N5O4S. The summed E-state index contributed by atoms with van der Waals surface area (Å²) in [5, 5.41) is 9.41. The third-order valence-electron chi connectivity index (χ3n) is 2.85. The van der Waals surface area contributed by atoms with Gasteiger partial charge in [0.05, 0.1) is 19.4 Å². The van der Waals surface area contributed by atoms with Gasteiger partial charge in [-0.15, -0.1) is 0 Å². The Kier molecular flexibility index (Phi) is 5.77. The van der Waals surface area contributed by atoms with Gasteiger partial charge in [-0.1, -0.05) is 0 Å². The fraction of sp³-hybridized carbons (Fsp3) is 0.286. The summed E-state index contributed by atoms with van der Waals surface area (Å²) in [5.41, 5.74) is 0.936. The van der Waals surface area contributed by atoms with Crippen molar-refractivity contribution in [2.45, 2.75) is 6.54 Å². The Morgan fingerprint density at radius 2 is 1.83 bits per heavy atom. The minimum Gasteiger partial charge on any atom is -0.383 e. The summed E-state index contributed by atoms with van der Waals surface area (Å²) < 4.78 is 31.2. The normalized spacial score (nSPS) is 11.1. The second-order valence-corrected chi connectivity index (χ2v) is 6.74. The van der Waals surface area contributed by atoms with Crippen molar-refractivity contribution in [1.82, 2.24) is 9.78 Å². The second-order valence-electron chi connectivity index (χ2n) is 4.99. The van der Waals surface area contributed by atoms with Crippen molar-refractivity contribution in [2.75, 3.05) is 35.3 Å². The molecule has 0 aliphatic heterocycles. The van der Waals surface area contributed by atoms with Crippen molar-refractivity contribution in [3.63, 3.8) is 0 Å². The highest BCUT2D eigenvalue weighted by Gasteiger charge is 2.06. The minimum atomic E-state index is -3.33. The third-order valence-corrected chi connectivity index (χ3v) is 3.46. The molecule has 1 heterocycles. The average molecular weight is 353 g/mol. The molecule has 0 unspecified atom stereocenters. The van der Waals surface area contributed by atoms with E-state index >= 15 is 0 Å². The number of methoxy groups -OCH3 is 1. The highest BCUT2D eigenvalue weighted by atomic mass is 32.2. The van der Waals surface area contributed by atoms with Crippen molar-refractivity contribution >= 4 is 33.2 Å². The number of nitrogens with zero attached hydrogens (tertiary/aromatic N) is 2. The van der Waals surface area contributed by atoms with Gasteiger partial charge in [-0.3, -0.25) is 14.7 Å². The second kappa shape index (κ2) is 7.79. The number of carbonyl (C=O) groups excluding carboxylic acids is 1. The van der Waals surface area contributed by atoms with E-state index in [1.165, 1.54) is 0 Å². The Balaban J connectivity index is 1.89. The summed E-state index contributed by atoms with van der Waals surface area (Å²) in [6, 6.07) is 7.51. The lowest BCUT2D eigenvalue weighted by atomic mass is 10.3. The summed E-state index contributed by atoms with van der Waals surface area (Å²) in [5.74, 6) is 0.416. The monoisotopic (exact) mass is 353 g/mol. The van der Waals surface area contributed by atoms with E-state index in [2.05, 4.69) is 20.5 Å². The summed E-state index contributed by atoms with van der Waals surface area (Å²) in [6.07, 6.45) is 2.80. The molecule has 0 fully saturated rings. The van der Waals surface area contributed by atoms with Crippen LogP contribution in [0.2, 0.25) is 0 Å². The van der Waals surface area contributed by atoms with Gasteiger partial charge in [-0.2, -0.15) is 5.10 Å². The lowest BCUT2D eigenvalue weighted by Crippen LogP contribution is -2.20. The van der Waals surface area contributed by atoms with Crippen molar-refractivity contribution in [1.29, 1.82) is 0 Å². The fourth-order valence-electron chi connectivity index (χ4n) is 1.85. The van der Waals surface area contributed by atoms with Crippen LogP contribution in [0.3, 0.4) is 0 Å². The van der Waals surface area contributed by atoms with Gasteiger partial charge in [0.25, 0.3) is 0 Å². The Hall–Kier alpha value is -2.59. The number of hydrogen-bond donors (Lipinski definition) is 3. The standard InChI is InChI=1S/C14H19N5O4S/c1-23-10-9-19-8-7-13(17-19)16-14(20)15-11-3-5-12(6-4-11)18-24(2,21)22/h3-8,18H,9-10H2,1-2H3,(H2,15,16,17,20). The Bertz CT molecular complexity index is 786. The van der Waals surface area contributed by atoms with Crippen molar-refractivity contribution in [2.24, 2.45) is 0 Å². The van der Waals surface area contributed by atoms with Gasteiger partial charge in [0, 0.05) is 30.7 Å². The van der Waals surface area contributed by atoms with Crippen LogP contribution in [-0.2, 0) is 21.3 Å². The largest absolute Gasteiger partial charge is 0.383 e. The van der Waals surface area contributed by atoms with E-state index < -0.39 is 16.1 Å². The summed E-state index contributed by atoms with van der Waals surface area (Å²) in [6.45, 7) is 1.12. The van der Waals surface area contributed by atoms with Crippen LogP contribution in [0.25, 0.3) is 0 Å². The number of nitrogens with one attached hydrogen (secondary N) is 3. The van der Waals surface area contributed by atoms with Crippen LogP contribution in [0.15, 0.2) is 36.5 Å². The van der Waals surface area contributed by atoms with Crippen LogP contribution in [0.4, 0.5) is 22.0 Å². The molecule has 1 aromatic heterocycles. The number of ether oxygens (including phenoxy) is 1. The number of rotatable bonds is 7. The summed E-state index contributed by atoms with van der Waals surface area (Å²) in [7, 11) is -1.72. The maximum Gasteiger partial charge on any atom is 0.324 e. The average Bonchev–Trinajstić information content (AvgIpc) is 2.93. The topological polar surface area (TPSA) is 114 Å². The molecule has 3 N–H and O–H groups in total. The molecule has 2 aromatic rings. The zero-order chi connectivity index (χ0) is 17.6. The molecular weight excluding hydrogens is 334 g/mol. The smallest absolute Gasteiger partial charge is 0.324 e. The van der Waals surface area contributed by atoms with E-state index in [4.69, 9.17) is 4.74 Å². The van der Waals surface area contributed by atoms with E-state index in [-0.39, 0.29) is 0 Å². The first-order chi connectivity index (χ1) is 11.4. The summed E-state index contributed by atoms with van der Waals surface area (Å²) >= 11 is 0.